The van der Waals surface area contributed by atoms with Crippen LogP contribution in [0.25, 0.3) is 0 Å². The van der Waals surface area contributed by atoms with E-state index < -0.39 is 9.58 Å². The monoisotopic (exact) mass is 366 g/mol. The summed E-state index contributed by atoms with van der Waals surface area (Å²) < 4.78 is 1.48. The summed E-state index contributed by atoms with van der Waals surface area (Å²) in [6.45, 7) is 2.24. The van der Waals surface area contributed by atoms with Crippen molar-refractivity contribution in [1.82, 2.24) is 0 Å². The molecule has 0 radical (unpaired) electrons. The number of benzene rings is 1. The summed E-state index contributed by atoms with van der Waals surface area (Å²) in [6, 6.07) is 10.7. The summed E-state index contributed by atoms with van der Waals surface area (Å²) in [4.78, 5) is 0. The maximum absolute atomic E-state index is 3.90. The van der Waals surface area contributed by atoms with Crippen molar-refractivity contribution in [3.8, 4) is 0 Å². The van der Waals surface area contributed by atoms with Crippen molar-refractivity contribution in [1.29, 1.82) is 0 Å². The van der Waals surface area contributed by atoms with Crippen molar-refractivity contribution in [2.45, 2.75) is 25.0 Å². The molecule has 0 amide bonds. The summed E-state index contributed by atoms with van der Waals surface area (Å²) in [6.07, 6.45) is 2.59. The van der Waals surface area contributed by atoms with Crippen LogP contribution in [0.3, 0.4) is 0 Å². The van der Waals surface area contributed by atoms with Crippen molar-refractivity contribution < 1.29 is 0 Å². The van der Waals surface area contributed by atoms with Crippen LogP contribution in [-0.2, 0) is 0 Å². The molecular weight excluding hydrogens is 353 g/mol. The Morgan fingerprint density at radius 2 is 1.77 bits per heavy atom. The fourth-order valence-corrected chi connectivity index (χ4v) is 10.6. The molecule has 0 aliphatic rings. The molecule has 3 heteroatoms. The summed E-state index contributed by atoms with van der Waals surface area (Å²) in [5.74, 6) is 0. The van der Waals surface area contributed by atoms with Gasteiger partial charge in [-0.1, -0.05) is 0 Å². The fourth-order valence-electron chi connectivity index (χ4n) is 1.23. The SMILES string of the molecule is CCC[CH2][Ge]([Br])([Br])[c]1ccccc1. The molecule has 0 aliphatic heterocycles. The van der Waals surface area contributed by atoms with Crippen LogP contribution in [-0.4, -0.2) is 9.58 Å². The van der Waals surface area contributed by atoms with Gasteiger partial charge in [0, 0.05) is 0 Å². The molecule has 0 nitrogen and oxygen atoms in total. The van der Waals surface area contributed by atoms with Gasteiger partial charge in [-0.2, -0.15) is 0 Å². The van der Waals surface area contributed by atoms with Crippen LogP contribution in [0.15, 0.2) is 30.3 Å². The number of unbranched alkanes of at least 4 members (excludes halogenated alkanes) is 1. The van der Waals surface area contributed by atoms with Crippen LogP contribution in [0.1, 0.15) is 19.8 Å². The first kappa shape index (κ1) is 11.8. The molecule has 0 aromatic heterocycles. The number of hydrogen-bond acceptors (Lipinski definition) is 0. The second-order valence-electron chi connectivity index (χ2n) is 3.17. The van der Waals surface area contributed by atoms with Gasteiger partial charge >= 0.3 is 97.3 Å². The van der Waals surface area contributed by atoms with Gasteiger partial charge in [0.1, 0.15) is 0 Å². The minimum absolute atomic E-state index is 1.27. The predicted octanol–water partition coefficient (Wildman–Crippen LogP) is 3.93. The Balaban J connectivity index is 2.69. The van der Waals surface area contributed by atoms with Crippen LogP contribution in [0.4, 0.5) is 0 Å². The molecule has 0 N–H and O–H groups in total. The minimum atomic E-state index is -1.98. The van der Waals surface area contributed by atoms with Gasteiger partial charge in [-0.05, 0) is 0 Å². The van der Waals surface area contributed by atoms with Crippen molar-refractivity contribution in [3.63, 3.8) is 0 Å². The van der Waals surface area contributed by atoms with Crippen LogP contribution in [0.2, 0.25) is 5.25 Å². The van der Waals surface area contributed by atoms with Crippen LogP contribution in [0.5, 0.6) is 0 Å². The third kappa shape index (κ3) is 3.76. The van der Waals surface area contributed by atoms with Crippen molar-refractivity contribution in [3.05, 3.63) is 30.3 Å². The standard InChI is InChI=1S/C10H14Br2Ge/c1-2-3-9-13(11,12)10-7-5-4-6-8-10/h4-8H,2-3,9H2,1H3. The van der Waals surface area contributed by atoms with Gasteiger partial charge in [-0.25, -0.2) is 0 Å². The molecule has 1 rings (SSSR count). The van der Waals surface area contributed by atoms with Gasteiger partial charge in [0.15, 0.2) is 0 Å². The van der Waals surface area contributed by atoms with E-state index in [0.717, 1.165) is 0 Å². The Hall–Kier alpha value is 0.723. The van der Waals surface area contributed by atoms with Gasteiger partial charge in [-0.3, -0.25) is 0 Å². The maximum atomic E-state index is 3.90. The zero-order valence-electron chi connectivity index (χ0n) is 7.76. The van der Waals surface area contributed by atoms with E-state index in [0.29, 0.717) is 0 Å². The molecule has 0 unspecified atom stereocenters. The first-order valence-corrected chi connectivity index (χ1v) is 17.0. The molecule has 1 aromatic rings. The Bertz CT molecular complexity index is 246. The Labute approximate surface area is 96.7 Å². The Morgan fingerprint density at radius 1 is 1.15 bits per heavy atom. The van der Waals surface area contributed by atoms with E-state index in [4.69, 9.17) is 0 Å². The number of halogens is 2. The van der Waals surface area contributed by atoms with Gasteiger partial charge in [-0.15, -0.1) is 0 Å². The van der Waals surface area contributed by atoms with Crippen molar-refractivity contribution >= 4 is 42.0 Å². The van der Waals surface area contributed by atoms with E-state index in [9.17, 15) is 0 Å². The van der Waals surface area contributed by atoms with E-state index >= 15 is 0 Å². The Morgan fingerprint density at radius 3 is 2.31 bits per heavy atom. The van der Waals surface area contributed by atoms with E-state index in [2.05, 4.69) is 65.3 Å². The van der Waals surface area contributed by atoms with E-state index in [1.807, 2.05) is 0 Å². The molecule has 0 bridgehead atoms. The van der Waals surface area contributed by atoms with Crippen molar-refractivity contribution in [2.75, 3.05) is 0 Å². The van der Waals surface area contributed by atoms with Crippen LogP contribution in [0, 0.1) is 0 Å². The second kappa shape index (κ2) is 5.57. The molecule has 0 heterocycles. The first-order chi connectivity index (χ1) is 6.17. The third-order valence-electron chi connectivity index (χ3n) is 2.04. The molecule has 13 heavy (non-hydrogen) atoms. The van der Waals surface area contributed by atoms with E-state index in [1.165, 1.54) is 22.5 Å². The molecular formula is C10H14Br2Ge. The van der Waals surface area contributed by atoms with Crippen LogP contribution >= 0.6 is 28.0 Å². The second-order valence-corrected chi connectivity index (χ2v) is 28.0. The molecule has 0 spiro atoms. The fraction of sp³-hybridized carbons (Fsp3) is 0.400. The van der Waals surface area contributed by atoms with Gasteiger partial charge in [0.25, 0.3) is 0 Å². The van der Waals surface area contributed by atoms with Gasteiger partial charge in [0.05, 0.1) is 0 Å². The van der Waals surface area contributed by atoms with Gasteiger partial charge < -0.3 is 0 Å². The third-order valence-corrected chi connectivity index (χ3v) is 15.4. The zero-order chi connectivity index (χ0) is 9.73. The average Bonchev–Trinajstić information content (AvgIpc) is 2.16. The molecule has 0 saturated carbocycles. The summed E-state index contributed by atoms with van der Waals surface area (Å²) in [7, 11) is -1.98. The average molecular weight is 367 g/mol. The molecule has 0 fully saturated rings. The number of hydrogen-bond donors (Lipinski definition) is 0. The molecule has 0 aliphatic carbocycles. The quantitative estimate of drug-likeness (QED) is 0.709. The summed E-state index contributed by atoms with van der Waals surface area (Å²) in [5, 5.41) is 1.31. The molecule has 0 saturated heterocycles. The molecule has 0 atom stereocenters. The van der Waals surface area contributed by atoms with E-state index in [1.54, 1.807) is 0 Å². The zero-order valence-corrected chi connectivity index (χ0v) is 13.0. The first-order valence-electron chi connectivity index (χ1n) is 4.60. The summed E-state index contributed by atoms with van der Waals surface area (Å²) in [5.41, 5.74) is 0. The molecule has 72 valence electrons. The van der Waals surface area contributed by atoms with Crippen LogP contribution < -0.4 is 4.40 Å². The molecule has 1 aromatic carbocycles. The predicted molar refractivity (Wildman–Crippen MR) is 69.4 cm³/mol. The van der Waals surface area contributed by atoms with Crippen molar-refractivity contribution in [2.24, 2.45) is 0 Å². The Kier molecular flexibility index (Phi) is 5.05. The summed E-state index contributed by atoms with van der Waals surface area (Å²) >= 11 is 7.79. The van der Waals surface area contributed by atoms with E-state index in [-0.39, 0.29) is 0 Å². The number of rotatable bonds is 4. The normalized spacial score (nSPS) is 11.6. The van der Waals surface area contributed by atoms with Gasteiger partial charge in [0.2, 0.25) is 0 Å². The topological polar surface area (TPSA) is 0 Å².